The van der Waals surface area contributed by atoms with Crippen molar-refractivity contribution in [1.82, 2.24) is 34.8 Å². The van der Waals surface area contributed by atoms with E-state index in [1.54, 1.807) is 28.9 Å². The third kappa shape index (κ3) is 3.99. The standard InChI is InChI=1S/C23H17FN8O/c1-15(13-31-14-27-29-30-31)33-22-10-16(6-7-19(22)24)20-8-9-23-26-12-21(32(23)28-20)18-5-3-2-4-17(18)11-25/h2-10,12,14-15H,13H2,1H3/t15-/m0/s1. The molecule has 2 aromatic carbocycles. The van der Waals surface area contributed by atoms with Gasteiger partial charge in [0.05, 0.1) is 35.8 Å². The molecule has 5 rings (SSSR count). The van der Waals surface area contributed by atoms with E-state index in [1.807, 2.05) is 37.3 Å². The molecular formula is C23H17FN8O. The van der Waals surface area contributed by atoms with Crippen LogP contribution in [-0.2, 0) is 6.54 Å². The third-order valence-electron chi connectivity index (χ3n) is 5.08. The van der Waals surface area contributed by atoms with E-state index in [2.05, 4.69) is 26.6 Å². The second-order valence-electron chi connectivity index (χ2n) is 7.39. The van der Waals surface area contributed by atoms with Crippen LogP contribution in [0.1, 0.15) is 12.5 Å². The SMILES string of the molecule is C[C@@H](Cn1cnnn1)Oc1cc(-c2ccc3ncc(-c4ccccc4C#N)n3n2)ccc1F. The van der Waals surface area contributed by atoms with Crippen LogP contribution in [0.5, 0.6) is 5.75 Å². The first-order chi connectivity index (χ1) is 16.1. The van der Waals surface area contributed by atoms with Crippen LogP contribution in [0.3, 0.4) is 0 Å². The molecule has 5 aromatic rings. The second kappa shape index (κ2) is 8.47. The number of hydrogen-bond donors (Lipinski definition) is 0. The molecule has 162 valence electrons. The summed E-state index contributed by atoms with van der Waals surface area (Å²) in [5, 5.41) is 25.1. The number of benzene rings is 2. The average molecular weight is 440 g/mol. The highest BCUT2D eigenvalue weighted by atomic mass is 19.1. The fourth-order valence-electron chi connectivity index (χ4n) is 3.55. The monoisotopic (exact) mass is 440 g/mol. The van der Waals surface area contributed by atoms with Crippen LogP contribution < -0.4 is 4.74 Å². The van der Waals surface area contributed by atoms with Crippen LogP contribution in [0.4, 0.5) is 4.39 Å². The maximum absolute atomic E-state index is 14.5. The first-order valence-electron chi connectivity index (χ1n) is 10.1. The number of tetrazole rings is 1. The summed E-state index contributed by atoms with van der Waals surface area (Å²) in [6, 6.07) is 17.7. The van der Waals surface area contributed by atoms with Crippen molar-refractivity contribution in [1.29, 1.82) is 5.26 Å². The first-order valence-corrected chi connectivity index (χ1v) is 10.1. The zero-order valence-corrected chi connectivity index (χ0v) is 17.5. The summed E-state index contributed by atoms with van der Waals surface area (Å²) < 4.78 is 23.5. The average Bonchev–Trinajstić information content (AvgIpc) is 3.50. The Morgan fingerprint density at radius 2 is 2.03 bits per heavy atom. The number of fused-ring (bicyclic) bond motifs is 1. The molecule has 9 nitrogen and oxygen atoms in total. The van der Waals surface area contributed by atoms with Crippen LogP contribution in [0.25, 0.3) is 28.2 Å². The van der Waals surface area contributed by atoms with Gasteiger partial charge in [-0.1, -0.05) is 18.2 Å². The van der Waals surface area contributed by atoms with Gasteiger partial charge >= 0.3 is 0 Å². The van der Waals surface area contributed by atoms with Crippen molar-refractivity contribution in [3.05, 3.63) is 78.5 Å². The van der Waals surface area contributed by atoms with E-state index in [1.165, 1.54) is 17.1 Å². The summed E-state index contributed by atoms with van der Waals surface area (Å²) in [6.07, 6.45) is 2.79. The van der Waals surface area contributed by atoms with E-state index in [0.29, 0.717) is 34.7 Å². The lowest BCUT2D eigenvalue weighted by Gasteiger charge is -2.15. The minimum absolute atomic E-state index is 0.107. The quantitative estimate of drug-likeness (QED) is 0.398. The maximum Gasteiger partial charge on any atom is 0.165 e. The van der Waals surface area contributed by atoms with Gasteiger partial charge in [-0.15, -0.1) is 5.10 Å². The van der Waals surface area contributed by atoms with E-state index in [0.717, 1.165) is 5.56 Å². The normalized spacial score (nSPS) is 11.9. The largest absolute Gasteiger partial charge is 0.486 e. The Bertz CT molecular complexity index is 1470. The molecule has 1 atom stereocenters. The minimum atomic E-state index is -0.477. The predicted octanol–water partition coefficient (Wildman–Crippen LogP) is 3.53. The molecule has 0 radical (unpaired) electrons. The van der Waals surface area contributed by atoms with E-state index >= 15 is 0 Å². The molecule has 10 heteroatoms. The smallest absolute Gasteiger partial charge is 0.165 e. The van der Waals surface area contributed by atoms with Gasteiger partial charge in [-0.3, -0.25) is 0 Å². The lowest BCUT2D eigenvalue weighted by atomic mass is 10.1. The van der Waals surface area contributed by atoms with Gasteiger partial charge in [-0.2, -0.15) is 10.4 Å². The topological polar surface area (TPSA) is 107 Å². The maximum atomic E-state index is 14.5. The zero-order valence-electron chi connectivity index (χ0n) is 17.5. The number of hydrogen-bond acceptors (Lipinski definition) is 7. The number of ether oxygens (including phenoxy) is 1. The van der Waals surface area contributed by atoms with Crippen molar-refractivity contribution < 1.29 is 9.13 Å². The van der Waals surface area contributed by atoms with Crippen molar-refractivity contribution in [2.45, 2.75) is 19.6 Å². The molecule has 0 saturated heterocycles. The highest BCUT2D eigenvalue weighted by Crippen LogP contribution is 2.28. The van der Waals surface area contributed by atoms with E-state index in [4.69, 9.17) is 9.84 Å². The van der Waals surface area contributed by atoms with Gasteiger partial charge in [0.1, 0.15) is 12.4 Å². The summed E-state index contributed by atoms with van der Waals surface area (Å²) in [4.78, 5) is 4.40. The van der Waals surface area contributed by atoms with Crippen molar-refractivity contribution in [3.8, 4) is 34.3 Å². The molecule has 0 unspecified atom stereocenters. The molecular weight excluding hydrogens is 423 g/mol. The molecule has 0 aliphatic heterocycles. The molecule has 0 saturated carbocycles. The molecule has 0 bridgehead atoms. The van der Waals surface area contributed by atoms with Crippen molar-refractivity contribution in [2.24, 2.45) is 0 Å². The van der Waals surface area contributed by atoms with Crippen LogP contribution in [0, 0.1) is 17.1 Å². The highest BCUT2D eigenvalue weighted by molar-refractivity contribution is 5.70. The van der Waals surface area contributed by atoms with Gasteiger partial charge in [0.2, 0.25) is 0 Å². The number of nitrogens with zero attached hydrogens (tertiary/aromatic N) is 8. The van der Waals surface area contributed by atoms with Crippen LogP contribution in [0.15, 0.2) is 67.1 Å². The number of halogens is 1. The van der Waals surface area contributed by atoms with Gasteiger partial charge in [0.15, 0.2) is 17.2 Å². The Hall–Kier alpha value is -4.65. The fraction of sp³-hybridized carbons (Fsp3) is 0.130. The molecule has 0 spiro atoms. The van der Waals surface area contributed by atoms with Gasteiger partial charge in [-0.25, -0.2) is 18.6 Å². The Morgan fingerprint density at radius 3 is 2.85 bits per heavy atom. The van der Waals surface area contributed by atoms with Crippen molar-refractivity contribution in [2.75, 3.05) is 0 Å². The molecule has 3 heterocycles. The number of rotatable bonds is 6. The van der Waals surface area contributed by atoms with E-state index < -0.39 is 5.82 Å². The summed E-state index contributed by atoms with van der Waals surface area (Å²) in [6.45, 7) is 2.18. The lowest BCUT2D eigenvalue weighted by Crippen LogP contribution is -2.20. The molecule has 0 fully saturated rings. The summed E-state index contributed by atoms with van der Waals surface area (Å²) in [5.41, 5.74) is 3.87. The Labute approximate surface area is 187 Å². The van der Waals surface area contributed by atoms with E-state index in [-0.39, 0.29) is 11.9 Å². The van der Waals surface area contributed by atoms with Crippen LogP contribution in [-0.4, -0.2) is 40.9 Å². The fourth-order valence-corrected chi connectivity index (χ4v) is 3.55. The van der Waals surface area contributed by atoms with E-state index in [9.17, 15) is 9.65 Å². The summed E-state index contributed by atoms with van der Waals surface area (Å²) in [5.74, 6) is -0.370. The Morgan fingerprint density at radius 1 is 1.15 bits per heavy atom. The van der Waals surface area contributed by atoms with Crippen molar-refractivity contribution in [3.63, 3.8) is 0 Å². The molecule has 0 amide bonds. The van der Waals surface area contributed by atoms with Crippen LogP contribution >= 0.6 is 0 Å². The molecule has 3 aromatic heterocycles. The molecule has 0 N–H and O–H groups in total. The Kier molecular flexibility index (Phi) is 5.20. The van der Waals surface area contributed by atoms with Gasteiger partial charge < -0.3 is 4.74 Å². The third-order valence-corrected chi connectivity index (χ3v) is 5.08. The second-order valence-corrected chi connectivity index (χ2v) is 7.39. The Balaban J connectivity index is 1.49. The van der Waals surface area contributed by atoms with Crippen LogP contribution in [0.2, 0.25) is 0 Å². The van der Waals surface area contributed by atoms with Crippen molar-refractivity contribution >= 4 is 5.65 Å². The summed E-state index contributed by atoms with van der Waals surface area (Å²) >= 11 is 0. The molecule has 0 aliphatic carbocycles. The zero-order chi connectivity index (χ0) is 22.8. The van der Waals surface area contributed by atoms with Gasteiger partial charge in [-0.05, 0) is 53.7 Å². The van der Waals surface area contributed by atoms with Gasteiger partial charge in [0, 0.05) is 11.1 Å². The molecule has 0 aliphatic rings. The molecule has 33 heavy (non-hydrogen) atoms. The number of nitriles is 1. The predicted molar refractivity (Wildman–Crippen MR) is 116 cm³/mol. The van der Waals surface area contributed by atoms with Gasteiger partial charge in [0.25, 0.3) is 0 Å². The number of imidazole rings is 1. The lowest BCUT2D eigenvalue weighted by molar-refractivity contribution is 0.185. The number of aromatic nitrogens is 7. The highest BCUT2D eigenvalue weighted by Gasteiger charge is 2.15. The first kappa shape index (κ1) is 20.3. The minimum Gasteiger partial charge on any atom is -0.486 e. The summed E-state index contributed by atoms with van der Waals surface area (Å²) in [7, 11) is 0.